The summed E-state index contributed by atoms with van der Waals surface area (Å²) in [6.07, 6.45) is 0. The quantitative estimate of drug-likeness (QED) is 0.667. The van der Waals surface area contributed by atoms with E-state index in [0.29, 0.717) is 11.4 Å². The van der Waals surface area contributed by atoms with Crippen LogP contribution in [0.1, 0.15) is 0 Å². The number of benzene rings is 1. The van der Waals surface area contributed by atoms with Crippen molar-refractivity contribution in [3.05, 3.63) is 35.1 Å². The van der Waals surface area contributed by atoms with Crippen LogP contribution in [0.15, 0.2) is 34.2 Å². The summed E-state index contributed by atoms with van der Waals surface area (Å²) < 4.78 is 13.7. The van der Waals surface area contributed by atoms with Crippen LogP contribution in [-0.2, 0) is 0 Å². The van der Waals surface area contributed by atoms with Gasteiger partial charge in [-0.25, -0.2) is 4.39 Å². The average molecular weight is 262 g/mol. The maximum Gasteiger partial charge on any atom is 0.126 e. The van der Waals surface area contributed by atoms with E-state index in [2.05, 4.69) is 22.5 Å². The van der Waals surface area contributed by atoms with Crippen LogP contribution < -0.4 is 5.73 Å². The molecule has 1 aromatic carbocycles. The molecule has 0 radical (unpaired) electrons. The van der Waals surface area contributed by atoms with Crippen LogP contribution in [0.5, 0.6) is 0 Å². The molecule has 0 aliphatic rings. The molecular formula is C9H9BrFNS. The van der Waals surface area contributed by atoms with Crippen molar-refractivity contribution in [3.63, 3.8) is 0 Å². The summed E-state index contributed by atoms with van der Waals surface area (Å²) in [4.78, 5) is 0.818. The van der Waals surface area contributed by atoms with Gasteiger partial charge in [0.15, 0.2) is 0 Å². The highest BCUT2D eigenvalue weighted by Gasteiger charge is 1.99. The van der Waals surface area contributed by atoms with Gasteiger partial charge in [0.2, 0.25) is 0 Å². The fourth-order valence-electron chi connectivity index (χ4n) is 0.829. The number of nitrogens with two attached hydrogens (primary N) is 1. The van der Waals surface area contributed by atoms with Crippen LogP contribution in [0.25, 0.3) is 0 Å². The van der Waals surface area contributed by atoms with Crippen LogP contribution >= 0.6 is 27.7 Å². The molecule has 0 fully saturated rings. The number of halogens is 2. The average Bonchev–Trinajstić information content (AvgIpc) is 1.99. The third-order valence-corrected chi connectivity index (χ3v) is 3.00. The summed E-state index contributed by atoms with van der Waals surface area (Å²) in [6.45, 7) is 3.69. The summed E-state index contributed by atoms with van der Waals surface area (Å²) in [5.74, 6) is 0.408. The zero-order chi connectivity index (χ0) is 9.84. The van der Waals surface area contributed by atoms with Gasteiger partial charge in [-0.05, 0) is 22.7 Å². The van der Waals surface area contributed by atoms with E-state index in [1.54, 1.807) is 6.07 Å². The number of thioether (sulfide) groups is 1. The zero-order valence-electron chi connectivity index (χ0n) is 6.89. The Balaban J connectivity index is 2.71. The van der Waals surface area contributed by atoms with Gasteiger partial charge in [-0.15, -0.1) is 11.8 Å². The summed E-state index contributed by atoms with van der Waals surface area (Å²) >= 11 is 4.72. The molecule has 0 heterocycles. The van der Waals surface area contributed by atoms with Gasteiger partial charge in [-0.1, -0.05) is 22.5 Å². The fraction of sp³-hybridized carbons (Fsp3) is 0.111. The minimum Gasteiger partial charge on any atom is -0.399 e. The lowest BCUT2D eigenvalue weighted by Crippen LogP contribution is -1.87. The first-order valence-corrected chi connectivity index (χ1v) is 5.38. The molecule has 0 saturated heterocycles. The Hall–Kier alpha value is -0.480. The minimum absolute atomic E-state index is 0.303. The van der Waals surface area contributed by atoms with Crippen molar-refractivity contribution in [2.45, 2.75) is 4.90 Å². The second kappa shape index (κ2) is 4.67. The number of hydrogen-bond acceptors (Lipinski definition) is 2. The number of anilines is 1. The lowest BCUT2D eigenvalue weighted by atomic mass is 10.3. The molecule has 13 heavy (non-hydrogen) atoms. The van der Waals surface area contributed by atoms with Crippen molar-refractivity contribution in [2.24, 2.45) is 0 Å². The molecule has 0 amide bonds. The highest BCUT2D eigenvalue weighted by Crippen LogP contribution is 2.24. The van der Waals surface area contributed by atoms with E-state index in [0.717, 1.165) is 9.38 Å². The maximum absolute atomic E-state index is 12.8. The van der Waals surface area contributed by atoms with E-state index in [9.17, 15) is 4.39 Å². The summed E-state index contributed by atoms with van der Waals surface area (Å²) in [5.41, 5.74) is 5.93. The summed E-state index contributed by atoms with van der Waals surface area (Å²) in [7, 11) is 0. The van der Waals surface area contributed by atoms with Crippen LogP contribution in [0.4, 0.5) is 10.1 Å². The molecule has 0 atom stereocenters. The monoisotopic (exact) mass is 261 g/mol. The van der Waals surface area contributed by atoms with E-state index in [4.69, 9.17) is 5.73 Å². The molecule has 0 unspecified atom stereocenters. The predicted molar refractivity (Wildman–Crippen MR) is 59.6 cm³/mol. The third-order valence-electron chi connectivity index (χ3n) is 1.29. The highest BCUT2D eigenvalue weighted by molar-refractivity contribution is 9.11. The molecule has 0 saturated carbocycles. The molecule has 70 valence electrons. The van der Waals surface area contributed by atoms with Gasteiger partial charge in [0.25, 0.3) is 0 Å². The second-order valence-electron chi connectivity index (χ2n) is 2.53. The molecule has 1 aromatic rings. The zero-order valence-corrected chi connectivity index (χ0v) is 9.29. The summed E-state index contributed by atoms with van der Waals surface area (Å²) in [5, 5.41) is 0. The van der Waals surface area contributed by atoms with Crippen molar-refractivity contribution in [3.8, 4) is 0 Å². The Morgan fingerprint density at radius 3 is 2.77 bits per heavy atom. The van der Waals surface area contributed by atoms with Crippen molar-refractivity contribution in [1.29, 1.82) is 0 Å². The van der Waals surface area contributed by atoms with Gasteiger partial charge < -0.3 is 5.73 Å². The Morgan fingerprint density at radius 1 is 1.54 bits per heavy atom. The minimum atomic E-state index is -0.303. The molecule has 1 nitrogen and oxygen atoms in total. The fourth-order valence-corrected chi connectivity index (χ4v) is 1.91. The van der Waals surface area contributed by atoms with Crippen molar-refractivity contribution < 1.29 is 4.39 Å². The number of hydrogen-bond donors (Lipinski definition) is 1. The second-order valence-corrected chi connectivity index (χ2v) is 4.70. The van der Waals surface area contributed by atoms with Gasteiger partial charge in [0, 0.05) is 16.3 Å². The Labute approximate surface area is 89.3 Å². The van der Waals surface area contributed by atoms with Crippen LogP contribution in [-0.4, -0.2) is 5.75 Å². The molecule has 0 bridgehead atoms. The largest absolute Gasteiger partial charge is 0.399 e. The topological polar surface area (TPSA) is 26.0 Å². The van der Waals surface area contributed by atoms with Gasteiger partial charge in [0.1, 0.15) is 5.82 Å². The van der Waals surface area contributed by atoms with E-state index in [1.165, 1.54) is 23.9 Å². The Bertz CT molecular complexity index is 307. The van der Waals surface area contributed by atoms with Crippen molar-refractivity contribution >= 4 is 33.4 Å². The highest BCUT2D eigenvalue weighted by atomic mass is 79.9. The van der Waals surface area contributed by atoms with Crippen molar-refractivity contribution in [1.82, 2.24) is 0 Å². The molecule has 0 spiro atoms. The van der Waals surface area contributed by atoms with Gasteiger partial charge in [-0.2, -0.15) is 0 Å². The molecule has 0 aromatic heterocycles. The number of nitrogen functional groups attached to an aromatic ring is 1. The van der Waals surface area contributed by atoms with E-state index in [-0.39, 0.29) is 5.82 Å². The van der Waals surface area contributed by atoms with E-state index < -0.39 is 0 Å². The molecule has 2 N–H and O–H groups in total. The first-order valence-electron chi connectivity index (χ1n) is 3.60. The molecule has 1 rings (SSSR count). The first-order chi connectivity index (χ1) is 6.08. The molecule has 0 aliphatic carbocycles. The Morgan fingerprint density at radius 2 is 2.23 bits per heavy atom. The maximum atomic E-state index is 12.8. The van der Waals surface area contributed by atoms with Gasteiger partial charge in [-0.3, -0.25) is 0 Å². The molecule has 4 heteroatoms. The summed E-state index contributed by atoms with van der Waals surface area (Å²) in [6, 6.07) is 4.49. The molecule has 0 aliphatic heterocycles. The van der Waals surface area contributed by atoms with Crippen LogP contribution in [0, 0.1) is 5.82 Å². The lowest BCUT2D eigenvalue weighted by molar-refractivity contribution is 0.625. The Kier molecular flexibility index (Phi) is 3.81. The SMILES string of the molecule is C=C(Br)CSc1cc(N)cc(F)c1. The normalized spacial score (nSPS) is 10.0. The van der Waals surface area contributed by atoms with Gasteiger partial charge in [0.05, 0.1) is 0 Å². The standard InChI is InChI=1S/C9H9BrFNS/c1-6(10)5-13-9-3-7(11)2-8(12)4-9/h2-4H,1,5,12H2. The first kappa shape index (κ1) is 10.6. The van der Waals surface area contributed by atoms with Gasteiger partial charge >= 0.3 is 0 Å². The van der Waals surface area contributed by atoms with Crippen molar-refractivity contribution in [2.75, 3.05) is 11.5 Å². The number of rotatable bonds is 3. The third kappa shape index (κ3) is 3.83. The molecular weight excluding hydrogens is 253 g/mol. The smallest absolute Gasteiger partial charge is 0.126 e. The van der Waals surface area contributed by atoms with Crippen LogP contribution in [0.2, 0.25) is 0 Å². The van der Waals surface area contributed by atoms with E-state index >= 15 is 0 Å². The predicted octanol–water partition coefficient (Wildman–Crippen LogP) is 3.41. The lowest BCUT2D eigenvalue weighted by Gasteiger charge is -2.01. The van der Waals surface area contributed by atoms with Crippen LogP contribution in [0.3, 0.4) is 0 Å². The van der Waals surface area contributed by atoms with E-state index in [1.807, 2.05) is 0 Å².